The van der Waals surface area contributed by atoms with Gasteiger partial charge >= 0.3 is 0 Å². The molecule has 1 aliphatic carbocycles. The molecule has 0 bridgehead atoms. The van der Waals surface area contributed by atoms with Crippen LogP contribution in [-0.4, -0.2) is 57.5 Å². The first kappa shape index (κ1) is 19.4. The minimum Gasteiger partial charge on any atom is -0.497 e. The van der Waals surface area contributed by atoms with Crippen molar-refractivity contribution in [3.8, 4) is 5.75 Å². The summed E-state index contributed by atoms with van der Waals surface area (Å²) in [6.07, 6.45) is 4.16. The zero-order valence-electron chi connectivity index (χ0n) is 16.4. The van der Waals surface area contributed by atoms with Crippen LogP contribution in [0.2, 0.25) is 0 Å². The molecule has 1 heterocycles. The van der Waals surface area contributed by atoms with Crippen molar-refractivity contribution >= 4 is 10.0 Å². The highest BCUT2D eigenvalue weighted by Crippen LogP contribution is 2.26. The third-order valence-corrected chi connectivity index (χ3v) is 7.81. The van der Waals surface area contributed by atoms with Crippen molar-refractivity contribution in [2.45, 2.75) is 30.6 Å². The summed E-state index contributed by atoms with van der Waals surface area (Å²) in [4.78, 5) is 2.80. The molecule has 0 radical (unpaired) electrons. The molecule has 0 spiro atoms. The maximum absolute atomic E-state index is 13.0. The molecule has 0 atom stereocenters. The fourth-order valence-electron chi connectivity index (χ4n) is 4.13. The smallest absolute Gasteiger partial charge is 0.243 e. The summed E-state index contributed by atoms with van der Waals surface area (Å²) in [7, 11) is -1.72. The summed E-state index contributed by atoms with van der Waals surface area (Å²) in [6, 6.07) is 13.8. The van der Waals surface area contributed by atoms with Crippen LogP contribution in [0.1, 0.15) is 23.1 Å². The van der Waals surface area contributed by atoms with Gasteiger partial charge in [0, 0.05) is 32.7 Å². The molecule has 5 nitrogen and oxygen atoms in total. The summed E-state index contributed by atoms with van der Waals surface area (Å²) < 4.78 is 32.9. The number of hydrogen-bond donors (Lipinski definition) is 0. The van der Waals surface area contributed by atoms with E-state index in [-0.39, 0.29) is 0 Å². The number of rotatable bonds is 6. The molecule has 150 valence electrons. The Hall–Kier alpha value is -1.89. The largest absolute Gasteiger partial charge is 0.497 e. The molecule has 0 amide bonds. The van der Waals surface area contributed by atoms with Crippen LogP contribution in [0.5, 0.6) is 5.75 Å². The number of nitrogens with zero attached hydrogens (tertiary/aromatic N) is 2. The zero-order chi connectivity index (χ0) is 19.6. The van der Waals surface area contributed by atoms with Crippen LogP contribution in [0.15, 0.2) is 47.4 Å². The van der Waals surface area contributed by atoms with E-state index in [1.807, 2.05) is 24.3 Å². The predicted octanol–water partition coefficient (Wildman–Crippen LogP) is 2.73. The number of hydrogen-bond acceptors (Lipinski definition) is 4. The van der Waals surface area contributed by atoms with Crippen LogP contribution in [0.3, 0.4) is 0 Å². The second kappa shape index (κ2) is 8.23. The van der Waals surface area contributed by atoms with Crippen molar-refractivity contribution in [3.63, 3.8) is 0 Å². The molecule has 0 saturated carbocycles. The standard InChI is InChI=1S/C22H28N2O3S/c1-27-21-8-5-18(6-9-21)11-12-23-13-15-24(16-14-23)28(25,26)22-10-7-19-3-2-4-20(19)17-22/h5-10,17H,2-4,11-16H2,1H3. The molecule has 0 aromatic heterocycles. The second-order valence-corrected chi connectivity index (χ2v) is 9.57. The van der Waals surface area contributed by atoms with Crippen LogP contribution >= 0.6 is 0 Å². The van der Waals surface area contributed by atoms with Gasteiger partial charge in [0.1, 0.15) is 5.75 Å². The summed E-state index contributed by atoms with van der Waals surface area (Å²) in [5.74, 6) is 0.870. The molecule has 1 aliphatic heterocycles. The van der Waals surface area contributed by atoms with Gasteiger partial charge in [-0.15, -0.1) is 0 Å². The maximum Gasteiger partial charge on any atom is 0.243 e. The van der Waals surface area contributed by atoms with E-state index in [0.29, 0.717) is 18.0 Å². The van der Waals surface area contributed by atoms with Gasteiger partial charge in [0.2, 0.25) is 10.0 Å². The first-order valence-corrected chi connectivity index (χ1v) is 11.5. The molecular formula is C22H28N2O3S. The van der Waals surface area contributed by atoms with E-state index < -0.39 is 10.0 Å². The SMILES string of the molecule is COc1ccc(CCN2CCN(S(=O)(=O)c3ccc4c(c3)CCC4)CC2)cc1. The average molecular weight is 401 g/mol. The Morgan fingerprint density at radius 3 is 2.36 bits per heavy atom. The van der Waals surface area contributed by atoms with E-state index >= 15 is 0 Å². The molecule has 6 heteroatoms. The number of aryl methyl sites for hydroxylation is 2. The number of piperazine rings is 1. The van der Waals surface area contributed by atoms with E-state index in [1.54, 1.807) is 17.5 Å². The molecule has 2 aromatic rings. The quantitative estimate of drug-likeness (QED) is 0.748. The molecule has 28 heavy (non-hydrogen) atoms. The van der Waals surface area contributed by atoms with Crippen molar-refractivity contribution in [2.75, 3.05) is 39.8 Å². The Morgan fingerprint density at radius 1 is 0.929 bits per heavy atom. The van der Waals surface area contributed by atoms with Crippen molar-refractivity contribution in [3.05, 3.63) is 59.2 Å². The fraction of sp³-hybridized carbons (Fsp3) is 0.455. The molecular weight excluding hydrogens is 372 g/mol. The molecule has 0 N–H and O–H groups in total. The normalized spacial score (nSPS) is 18.2. The highest BCUT2D eigenvalue weighted by Gasteiger charge is 2.29. The highest BCUT2D eigenvalue weighted by molar-refractivity contribution is 7.89. The number of methoxy groups -OCH3 is 1. The topological polar surface area (TPSA) is 49.9 Å². The minimum atomic E-state index is -3.39. The molecule has 0 unspecified atom stereocenters. The monoisotopic (exact) mass is 400 g/mol. The lowest BCUT2D eigenvalue weighted by atomic mass is 10.1. The Labute approximate surface area is 168 Å². The fourth-order valence-corrected chi connectivity index (χ4v) is 5.60. The van der Waals surface area contributed by atoms with Gasteiger partial charge in [-0.25, -0.2) is 8.42 Å². The Bertz CT molecular complexity index is 917. The summed E-state index contributed by atoms with van der Waals surface area (Å²) in [6.45, 7) is 3.61. The molecule has 4 rings (SSSR count). The third-order valence-electron chi connectivity index (χ3n) is 5.91. The number of benzene rings is 2. The average Bonchev–Trinajstić information content (AvgIpc) is 3.21. The first-order chi connectivity index (χ1) is 13.6. The second-order valence-electron chi connectivity index (χ2n) is 7.63. The Balaban J connectivity index is 1.33. The Morgan fingerprint density at radius 2 is 1.64 bits per heavy atom. The van der Waals surface area contributed by atoms with E-state index in [2.05, 4.69) is 17.0 Å². The molecule has 2 aromatic carbocycles. The zero-order valence-corrected chi connectivity index (χ0v) is 17.2. The van der Waals surface area contributed by atoms with Gasteiger partial charge < -0.3 is 9.64 Å². The first-order valence-electron chi connectivity index (χ1n) is 10.0. The van der Waals surface area contributed by atoms with Crippen LogP contribution in [0.4, 0.5) is 0 Å². The lowest BCUT2D eigenvalue weighted by molar-refractivity contribution is 0.190. The minimum absolute atomic E-state index is 0.458. The van der Waals surface area contributed by atoms with Crippen molar-refractivity contribution in [1.29, 1.82) is 0 Å². The van der Waals surface area contributed by atoms with E-state index in [1.165, 1.54) is 16.7 Å². The van der Waals surface area contributed by atoms with Gasteiger partial charge in [0.25, 0.3) is 0 Å². The molecule has 1 saturated heterocycles. The lowest BCUT2D eigenvalue weighted by Gasteiger charge is -2.34. The van der Waals surface area contributed by atoms with Crippen LogP contribution in [0.25, 0.3) is 0 Å². The lowest BCUT2D eigenvalue weighted by Crippen LogP contribution is -2.49. The van der Waals surface area contributed by atoms with E-state index in [0.717, 1.165) is 51.1 Å². The third kappa shape index (κ3) is 4.09. The van der Waals surface area contributed by atoms with Crippen LogP contribution < -0.4 is 4.74 Å². The van der Waals surface area contributed by atoms with Gasteiger partial charge in [-0.2, -0.15) is 4.31 Å². The summed E-state index contributed by atoms with van der Waals surface area (Å²) >= 11 is 0. The van der Waals surface area contributed by atoms with E-state index in [9.17, 15) is 8.42 Å². The van der Waals surface area contributed by atoms with Crippen molar-refractivity contribution < 1.29 is 13.2 Å². The van der Waals surface area contributed by atoms with Gasteiger partial charge in [-0.3, -0.25) is 0 Å². The summed E-state index contributed by atoms with van der Waals surface area (Å²) in [5.41, 5.74) is 3.79. The van der Waals surface area contributed by atoms with Gasteiger partial charge in [-0.05, 0) is 66.6 Å². The summed E-state index contributed by atoms with van der Waals surface area (Å²) in [5, 5.41) is 0. The number of sulfonamides is 1. The van der Waals surface area contributed by atoms with Gasteiger partial charge in [0.05, 0.1) is 12.0 Å². The molecule has 1 fully saturated rings. The number of fused-ring (bicyclic) bond motifs is 1. The number of ether oxygens (including phenoxy) is 1. The molecule has 2 aliphatic rings. The Kier molecular flexibility index (Phi) is 5.71. The van der Waals surface area contributed by atoms with Crippen molar-refractivity contribution in [1.82, 2.24) is 9.21 Å². The highest BCUT2D eigenvalue weighted by atomic mass is 32.2. The van der Waals surface area contributed by atoms with Crippen LogP contribution in [-0.2, 0) is 29.3 Å². The predicted molar refractivity (Wildman–Crippen MR) is 110 cm³/mol. The maximum atomic E-state index is 13.0. The van der Waals surface area contributed by atoms with Gasteiger partial charge in [0.15, 0.2) is 0 Å². The van der Waals surface area contributed by atoms with Crippen LogP contribution in [0, 0.1) is 0 Å². The van der Waals surface area contributed by atoms with Gasteiger partial charge in [-0.1, -0.05) is 18.2 Å². The van der Waals surface area contributed by atoms with E-state index in [4.69, 9.17) is 4.74 Å². The van der Waals surface area contributed by atoms with Crippen molar-refractivity contribution in [2.24, 2.45) is 0 Å².